The highest BCUT2D eigenvalue weighted by Crippen LogP contribution is 2.22. The molecule has 12 heavy (non-hydrogen) atoms. The number of rotatable bonds is 1. The molecule has 1 aromatic heterocycles. The summed E-state index contributed by atoms with van der Waals surface area (Å²) in [6, 6.07) is 0. The predicted octanol–water partition coefficient (Wildman–Crippen LogP) is 0.897. The molecule has 5 heteroatoms. The molecule has 2 heterocycles. The molecule has 0 aromatic carbocycles. The van der Waals surface area contributed by atoms with Crippen LogP contribution in [0.1, 0.15) is 22.0 Å². The maximum Gasteiger partial charge on any atom is 0.371 e. The van der Waals surface area contributed by atoms with Crippen molar-refractivity contribution in [3.8, 4) is 0 Å². The van der Waals surface area contributed by atoms with Gasteiger partial charge < -0.3 is 10.1 Å². The number of carboxylic acid groups (broad SMARTS) is 1. The van der Waals surface area contributed by atoms with Crippen molar-refractivity contribution < 1.29 is 9.90 Å². The Labute approximate surface area is 73.4 Å². The molecule has 1 aliphatic heterocycles. The van der Waals surface area contributed by atoms with Crippen LogP contribution in [0.4, 0.5) is 0 Å². The van der Waals surface area contributed by atoms with Gasteiger partial charge in [-0.05, 0) is 5.75 Å². The van der Waals surface area contributed by atoms with Crippen LogP contribution in [0.25, 0.3) is 0 Å². The standard InChI is InChI=1S/C7H8N2O2S/c10-7(11)6-8-4-1-2-12-3-5(4)9-6/h1-3H2,(H,8,9)(H,10,11). The fourth-order valence-electron chi connectivity index (χ4n) is 1.22. The third kappa shape index (κ3) is 1.20. The Morgan fingerprint density at radius 1 is 1.67 bits per heavy atom. The van der Waals surface area contributed by atoms with Gasteiger partial charge in [-0.3, -0.25) is 0 Å². The van der Waals surface area contributed by atoms with Gasteiger partial charge in [0.05, 0.1) is 5.69 Å². The highest BCUT2D eigenvalue weighted by Gasteiger charge is 2.17. The van der Waals surface area contributed by atoms with Gasteiger partial charge in [-0.1, -0.05) is 0 Å². The van der Waals surface area contributed by atoms with Crippen molar-refractivity contribution in [1.82, 2.24) is 9.97 Å². The first-order valence-electron chi connectivity index (χ1n) is 3.66. The number of nitrogens with one attached hydrogen (secondary N) is 1. The van der Waals surface area contributed by atoms with Crippen molar-refractivity contribution in [2.45, 2.75) is 12.2 Å². The lowest BCUT2D eigenvalue weighted by molar-refractivity contribution is 0.0684. The third-order valence-corrected chi connectivity index (χ3v) is 2.78. The fraction of sp³-hybridized carbons (Fsp3) is 0.429. The normalized spacial score (nSPS) is 15.7. The predicted molar refractivity (Wildman–Crippen MR) is 45.4 cm³/mol. The number of fused-ring (bicyclic) bond motifs is 1. The van der Waals surface area contributed by atoms with Crippen LogP contribution in [0.15, 0.2) is 0 Å². The third-order valence-electron chi connectivity index (χ3n) is 1.80. The van der Waals surface area contributed by atoms with E-state index in [0.29, 0.717) is 0 Å². The Morgan fingerprint density at radius 2 is 2.50 bits per heavy atom. The number of aromatic amines is 1. The van der Waals surface area contributed by atoms with Crippen molar-refractivity contribution in [3.63, 3.8) is 0 Å². The van der Waals surface area contributed by atoms with Gasteiger partial charge in [0.25, 0.3) is 0 Å². The first-order valence-corrected chi connectivity index (χ1v) is 4.81. The van der Waals surface area contributed by atoms with E-state index in [4.69, 9.17) is 5.11 Å². The number of aromatic carboxylic acids is 1. The molecule has 0 atom stereocenters. The molecule has 0 bridgehead atoms. The van der Waals surface area contributed by atoms with Gasteiger partial charge in [0, 0.05) is 17.9 Å². The van der Waals surface area contributed by atoms with E-state index in [-0.39, 0.29) is 5.82 Å². The van der Waals surface area contributed by atoms with Crippen LogP contribution in [0.5, 0.6) is 0 Å². The minimum atomic E-state index is -0.977. The summed E-state index contributed by atoms with van der Waals surface area (Å²) in [5, 5.41) is 8.63. The molecule has 1 aromatic rings. The monoisotopic (exact) mass is 184 g/mol. The Kier molecular flexibility index (Phi) is 1.80. The molecule has 2 rings (SSSR count). The molecular weight excluding hydrogens is 176 g/mol. The summed E-state index contributed by atoms with van der Waals surface area (Å²) in [6.07, 6.45) is 0.879. The van der Waals surface area contributed by atoms with Crippen LogP contribution in [0.3, 0.4) is 0 Å². The second-order valence-corrected chi connectivity index (χ2v) is 3.72. The number of carboxylic acids is 1. The zero-order valence-electron chi connectivity index (χ0n) is 6.33. The molecule has 0 amide bonds. The van der Waals surface area contributed by atoms with Crippen LogP contribution in [0, 0.1) is 0 Å². The number of aromatic nitrogens is 2. The number of hydrogen-bond acceptors (Lipinski definition) is 3. The number of aryl methyl sites for hydroxylation is 1. The van der Waals surface area contributed by atoms with Crippen LogP contribution >= 0.6 is 11.8 Å². The largest absolute Gasteiger partial charge is 0.475 e. The van der Waals surface area contributed by atoms with Gasteiger partial charge >= 0.3 is 5.97 Å². The molecule has 64 valence electrons. The smallest absolute Gasteiger partial charge is 0.371 e. The molecule has 0 spiro atoms. The molecule has 2 N–H and O–H groups in total. The van der Waals surface area contributed by atoms with E-state index in [9.17, 15) is 4.79 Å². The fourth-order valence-corrected chi connectivity index (χ4v) is 2.14. The maximum absolute atomic E-state index is 10.5. The zero-order valence-corrected chi connectivity index (χ0v) is 7.15. The van der Waals surface area contributed by atoms with E-state index in [1.807, 2.05) is 0 Å². The summed E-state index contributed by atoms with van der Waals surface area (Å²) in [5.41, 5.74) is 1.90. The lowest BCUT2D eigenvalue weighted by Gasteiger charge is -2.07. The Balaban J connectivity index is 2.38. The molecule has 1 aliphatic rings. The SMILES string of the molecule is O=C(O)c1nc2c([nH]1)CSCC2. The summed E-state index contributed by atoms with van der Waals surface area (Å²) >= 11 is 1.80. The highest BCUT2D eigenvalue weighted by molar-refractivity contribution is 7.98. The summed E-state index contributed by atoms with van der Waals surface area (Å²) in [5.74, 6) is 0.990. The molecule has 0 unspecified atom stereocenters. The second kappa shape index (κ2) is 2.82. The van der Waals surface area contributed by atoms with Crippen LogP contribution in [-0.2, 0) is 12.2 Å². The van der Waals surface area contributed by atoms with Crippen molar-refractivity contribution in [3.05, 3.63) is 17.2 Å². The molecule has 0 saturated carbocycles. The number of nitrogens with zero attached hydrogens (tertiary/aromatic N) is 1. The molecule has 0 fully saturated rings. The first-order chi connectivity index (χ1) is 5.77. The van der Waals surface area contributed by atoms with E-state index in [2.05, 4.69) is 9.97 Å². The van der Waals surface area contributed by atoms with Gasteiger partial charge in [0.15, 0.2) is 0 Å². The lowest BCUT2D eigenvalue weighted by atomic mass is 10.3. The van der Waals surface area contributed by atoms with Crippen molar-refractivity contribution in [2.24, 2.45) is 0 Å². The number of hydrogen-bond donors (Lipinski definition) is 2. The second-order valence-electron chi connectivity index (χ2n) is 2.62. The topological polar surface area (TPSA) is 66.0 Å². The quantitative estimate of drug-likeness (QED) is 0.680. The highest BCUT2D eigenvalue weighted by atomic mass is 32.2. The van der Waals surface area contributed by atoms with Crippen molar-refractivity contribution in [1.29, 1.82) is 0 Å². The van der Waals surface area contributed by atoms with E-state index in [1.54, 1.807) is 11.8 Å². The Bertz CT molecular complexity index is 298. The first kappa shape index (κ1) is 7.67. The minimum absolute atomic E-state index is 0.0718. The lowest BCUT2D eigenvalue weighted by Crippen LogP contribution is -2.00. The van der Waals surface area contributed by atoms with Gasteiger partial charge in [-0.2, -0.15) is 11.8 Å². The average molecular weight is 184 g/mol. The van der Waals surface area contributed by atoms with Crippen molar-refractivity contribution in [2.75, 3.05) is 5.75 Å². The average Bonchev–Trinajstić information content (AvgIpc) is 2.46. The number of imidazole rings is 1. The van der Waals surface area contributed by atoms with E-state index < -0.39 is 5.97 Å². The Morgan fingerprint density at radius 3 is 3.17 bits per heavy atom. The molecule has 0 aliphatic carbocycles. The van der Waals surface area contributed by atoms with Crippen LogP contribution in [-0.4, -0.2) is 26.8 Å². The molecule has 0 radical (unpaired) electrons. The van der Waals surface area contributed by atoms with Crippen LogP contribution in [0.2, 0.25) is 0 Å². The molecule has 4 nitrogen and oxygen atoms in total. The van der Waals surface area contributed by atoms with Crippen molar-refractivity contribution >= 4 is 17.7 Å². The summed E-state index contributed by atoms with van der Waals surface area (Å²) < 4.78 is 0. The van der Waals surface area contributed by atoms with Gasteiger partial charge in [-0.15, -0.1) is 0 Å². The number of carbonyl (C=O) groups is 1. The van der Waals surface area contributed by atoms with Gasteiger partial charge in [0.2, 0.25) is 5.82 Å². The van der Waals surface area contributed by atoms with E-state index in [1.165, 1.54) is 0 Å². The van der Waals surface area contributed by atoms with Gasteiger partial charge in [-0.25, -0.2) is 9.78 Å². The number of H-pyrrole nitrogens is 1. The summed E-state index contributed by atoms with van der Waals surface area (Å²) in [7, 11) is 0. The van der Waals surface area contributed by atoms with Gasteiger partial charge in [0.1, 0.15) is 0 Å². The molecule has 0 saturated heterocycles. The zero-order chi connectivity index (χ0) is 8.55. The van der Waals surface area contributed by atoms with Crippen LogP contribution < -0.4 is 0 Å². The summed E-state index contributed by atoms with van der Waals surface area (Å²) in [4.78, 5) is 17.3. The Hall–Kier alpha value is -0.970. The van der Waals surface area contributed by atoms with E-state index >= 15 is 0 Å². The maximum atomic E-state index is 10.5. The van der Waals surface area contributed by atoms with E-state index in [0.717, 1.165) is 29.3 Å². The number of thioether (sulfide) groups is 1. The molecular formula is C7H8N2O2S. The minimum Gasteiger partial charge on any atom is -0.475 e. The summed E-state index contributed by atoms with van der Waals surface area (Å²) in [6.45, 7) is 0.